The summed E-state index contributed by atoms with van der Waals surface area (Å²) in [6, 6.07) is 6.33. The molecule has 1 aromatic rings. The first-order chi connectivity index (χ1) is 15.6. The van der Waals surface area contributed by atoms with Crippen molar-refractivity contribution in [3.05, 3.63) is 41.0 Å². The standard InChI is InChI=1S/C25H35N3O4/c1-2-31-25(30)27-12-10-26(11-13-27)18-21-8-9-23-22(16-21)19-28(14-15-32-23)24(29)17-20-6-4-3-5-7-20/h6,8-9,16H,2-5,7,10-15,17-19H2,1H3. The van der Waals surface area contributed by atoms with E-state index in [0.29, 0.717) is 45.8 Å². The molecule has 3 aliphatic rings. The SMILES string of the molecule is CCOC(=O)N1CCN(Cc2ccc3c(c2)CN(C(=O)CC2=CCCCC2)CCO3)CC1. The zero-order chi connectivity index (χ0) is 22.3. The van der Waals surface area contributed by atoms with E-state index in [0.717, 1.165) is 43.8 Å². The Morgan fingerprint density at radius 1 is 1.06 bits per heavy atom. The van der Waals surface area contributed by atoms with Crippen LogP contribution in [0.25, 0.3) is 0 Å². The number of allylic oxidation sites excluding steroid dienone is 1. The molecule has 0 aromatic heterocycles. The van der Waals surface area contributed by atoms with Gasteiger partial charge in [0.2, 0.25) is 5.91 Å². The number of piperazine rings is 1. The third kappa shape index (κ3) is 5.82. The lowest BCUT2D eigenvalue weighted by molar-refractivity contribution is -0.131. The molecule has 1 fully saturated rings. The number of amides is 2. The molecule has 2 aliphatic heterocycles. The first kappa shape index (κ1) is 22.6. The van der Waals surface area contributed by atoms with Crippen LogP contribution in [0.15, 0.2) is 29.8 Å². The average molecular weight is 442 g/mol. The van der Waals surface area contributed by atoms with Gasteiger partial charge in [0.1, 0.15) is 12.4 Å². The molecular weight excluding hydrogens is 406 g/mol. The maximum Gasteiger partial charge on any atom is 0.409 e. The highest BCUT2D eigenvalue weighted by molar-refractivity contribution is 5.79. The number of hydrogen-bond acceptors (Lipinski definition) is 5. The largest absolute Gasteiger partial charge is 0.491 e. The molecule has 4 rings (SSSR count). The first-order valence-electron chi connectivity index (χ1n) is 12.0. The quantitative estimate of drug-likeness (QED) is 0.654. The molecule has 7 nitrogen and oxygen atoms in total. The van der Waals surface area contributed by atoms with Crippen LogP contribution < -0.4 is 4.74 Å². The molecule has 0 radical (unpaired) electrons. The Kier molecular flexibility index (Phi) is 7.68. The van der Waals surface area contributed by atoms with E-state index in [4.69, 9.17) is 9.47 Å². The van der Waals surface area contributed by atoms with Gasteiger partial charge in [0.15, 0.2) is 0 Å². The Bertz CT molecular complexity index is 846. The zero-order valence-electron chi connectivity index (χ0n) is 19.2. The molecule has 7 heteroatoms. The van der Waals surface area contributed by atoms with Crippen molar-refractivity contribution in [3.63, 3.8) is 0 Å². The van der Waals surface area contributed by atoms with Gasteiger partial charge in [-0.1, -0.05) is 17.7 Å². The number of fused-ring (bicyclic) bond motifs is 1. The van der Waals surface area contributed by atoms with Gasteiger partial charge in [0.25, 0.3) is 0 Å². The highest BCUT2D eigenvalue weighted by Gasteiger charge is 2.24. The minimum atomic E-state index is -0.219. The van der Waals surface area contributed by atoms with Gasteiger partial charge in [-0.2, -0.15) is 0 Å². The fourth-order valence-electron chi connectivity index (χ4n) is 4.69. The number of carbonyl (C=O) groups excluding carboxylic acids is 2. The third-order valence-electron chi connectivity index (χ3n) is 6.53. The number of hydrogen-bond donors (Lipinski definition) is 0. The van der Waals surface area contributed by atoms with Crippen LogP contribution in [0.4, 0.5) is 4.79 Å². The highest BCUT2D eigenvalue weighted by atomic mass is 16.6. The van der Waals surface area contributed by atoms with Crippen LogP contribution in [0.3, 0.4) is 0 Å². The van der Waals surface area contributed by atoms with E-state index in [9.17, 15) is 9.59 Å². The minimum absolute atomic E-state index is 0.204. The molecule has 0 unspecified atom stereocenters. The molecule has 0 spiro atoms. The van der Waals surface area contributed by atoms with Crippen molar-refractivity contribution >= 4 is 12.0 Å². The van der Waals surface area contributed by atoms with Crippen molar-refractivity contribution < 1.29 is 19.1 Å². The highest BCUT2D eigenvalue weighted by Crippen LogP contribution is 2.27. The van der Waals surface area contributed by atoms with Crippen LogP contribution in [-0.4, -0.2) is 72.6 Å². The molecule has 1 aliphatic carbocycles. The lowest BCUT2D eigenvalue weighted by atomic mass is 9.97. The number of benzene rings is 1. The fraction of sp³-hybridized carbons (Fsp3) is 0.600. The van der Waals surface area contributed by atoms with Gasteiger partial charge in [-0.05, 0) is 50.3 Å². The van der Waals surface area contributed by atoms with E-state index < -0.39 is 0 Å². The molecule has 1 saturated heterocycles. The summed E-state index contributed by atoms with van der Waals surface area (Å²) in [7, 11) is 0. The van der Waals surface area contributed by atoms with Gasteiger partial charge >= 0.3 is 6.09 Å². The van der Waals surface area contributed by atoms with Gasteiger partial charge in [-0.25, -0.2) is 4.79 Å². The molecule has 32 heavy (non-hydrogen) atoms. The van der Waals surface area contributed by atoms with Crippen LogP contribution in [0, 0.1) is 0 Å². The second-order valence-corrected chi connectivity index (χ2v) is 8.85. The molecule has 174 valence electrons. The summed E-state index contributed by atoms with van der Waals surface area (Å²) >= 11 is 0. The van der Waals surface area contributed by atoms with Crippen molar-refractivity contribution in [1.82, 2.24) is 14.7 Å². The predicted molar refractivity (Wildman–Crippen MR) is 122 cm³/mol. The normalized spacial score (nSPS) is 19.5. The number of rotatable bonds is 5. The van der Waals surface area contributed by atoms with Crippen molar-refractivity contribution in [1.29, 1.82) is 0 Å². The van der Waals surface area contributed by atoms with E-state index in [1.54, 1.807) is 4.90 Å². The summed E-state index contributed by atoms with van der Waals surface area (Å²) in [4.78, 5) is 30.9. The lowest BCUT2D eigenvalue weighted by Gasteiger charge is -2.34. The van der Waals surface area contributed by atoms with Crippen molar-refractivity contribution in [2.45, 2.75) is 52.1 Å². The van der Waals surface area contributed by atoms with Crippen LogP contribution in [-0.2, 0) is 22.6 Å². The average Bonchev–Trinajstić information content (AvgIpc) is 3.03. The summed E-state index contributed by atoms with van der Waals surface area (Å²) < 4.78 is 11.1. The maximum atomic E-state index is 12.9. The molecule has 0 atom stereocenters. The summed E-state index contributed by atoms with van der Waals surface area (Å²) in [6.45, 7) is 7.86. The van der Waals surface area contributed by atoms with Crippen molar-refractivity contribution in [3.8, 4) is 5.75 Å². The lowest BCUT2D eigenvalue weighted by Crippen LogP contribution is -2.48. The minimum Gasteiger partial charge on any atom is -0.491 e. The van der Waals surface area contributed by atoms with Crippen molar-refractivity contribution in [2.24, 2.45) is 0 Å². The summed E-state index contributed by atoms with van der Waals surface area (Å²) in [6.07, 6.45) is 7.17. The maximum absolute atomic E-state index is 12.9. The third-order valence-corrected chi connectivity index (χ3v) is 6.53. The molecular formula is C25H35N3O4. The molecule has 0 N–H and O–H groups in total. The fourth-order valence-corrected chi connectivity index (χ4v) is 4.69. The molecule has 0 bridgehead atoms. The monoisotopic (exact) mass is 441 g/mol. The Hall–Kier alpha value is -2.54. The predicted octanol–water partition coefficient (Wildman–Crippen LogP) is 3.57. The second kappa shape index (κ2) is 10.9. The summed E-state index contributed by atoms with van der Waals surface area (Å²) in [5.74, 6) is 1.09. The van der Waals surface area contributed by atoms with Crippen LogP contribution in [0.5, 0.6) is 5.75 Å². The van der Waals surface area contributed by atoms with Gasteiger partial charge < -0.3 is 19.3 Å². The van der Waals surface area contributed by atoms with E-state index in [1.807, 2.05) is 17.9 Å². The van der Waals surface area contributed by atoms with E-state index in [-0.39, 0.29) is 12.0 Å². The molecule has 0 saturated carbocycles. The van der Waals surface area contributed by atoms with Crippen LogP contribution >= 0.6 is 0 Å². The summed E-state index contributed by atoms with van der Waals surface area (Å²) in [5.41, 5.74) is 3.58. The zero-order valence-corrected chi connectivity index (χ0v) is 19.2. The topological polar surface area (TPSA) is 62.3 Å². The molecule has 2 amide bonds. The number of carbonyl (C=O) groups is 2. The van der Waals surface area contributed by atoms with E-state index in [2.05, 4.69) is 23.1 Å². The van der Waals surface area contributed by atoms with Crippen LogP contribution in [0.2, 0.25) is 0 Å². The number of ether oxygens (including phenoxy) is 2. The Morgan fingerprint density at radius 2 is 1.91 bits per heavy atom. The Balaban J connectivity index is 1.35. The second-order valence-electron chi connectivity index (χ2n) is 8.85. The van der Waals surface area contributed by atoms with Gasteiger partial charge in [-0.15, -0.1) is 0 Å². The molecule has 1 aromatic carbocycles. The van der Waals surface area contributed by atoms with Gasteiger partial charge in [-0.3, -0.25) is 9.69 Å². The van der Waals surface area contributed by atoms with E-state index >= 15 is 0 Å². The Labute approximate surface area is 190 Å². The Morgan fingerprint density at radius 3 is 2.66 bits per heavy atom. The van der Waals surface area contributed by atoms with E-state index in [1.165, 1.54) is 24.0 Å². The van der Waals surface area contributed by atoms with Crippen LogP contribution in [0.1, 0.15) is 50.2 Å². The number of nitrogens with zero attached hydrogens (tertiary/aromatic N) is 3. The van der Waals surface area contributed by atoms with Gasteiger partial charge in [0, 0.05) is 51.3 Å². The van der Waals surface area contributed by atoms with Gasteiger partial charge in [0.05, 0.1) is 13.2 Å². The van der Waals surface area contributed by atoms with Crippen molar-refractivity contribution in [2.75, 3.05) is 45.9 Å². The first-order valence-corrected chi connectivity index (χ1v) is 12.0. The smallest absolute Gasteiger partial charge is 0.409 e. The molecule has 2 heterocycles. The summed E-state index contributed by atoms with van der Waals surface area (Å²) in [5, 5.41) is 0.